The number of rotatable bonds is 2. The fourth-order valence-corrected chi connectivity index (χ4v) is 2.61. The number of hydrogen-bond acceptors (Lipinski definition) is 3. The van der Waals surface area contributed by atoms with E-state index in [1.54, 1.807) is 0 Å². The van der Waals surface area contributed by atoms with E-state index in [4.69, 9.17) is 15.2 Å². The first-order chi connectivity index (χ1) is 6.72. The second-order valence-electron chi connectivity index (χ2n) is 4.77. The SMILES string of the molecule is CC1(C(N)C2CCCOC2)CCCO1. The minimum Gasteiger partial charge on any atom is -0.381 e. The van der Waals surface area contributed by atoms with Gasteiger partial charge in [0.2, 0.25) is 0 Å². The first kappa shape index (κ1) is 10.4. The van der Waals surface area contributed by atoms with Crippen molar-refractivity contribution in [3.8, 4) is 0 Å². The Hall–Kier alpha value is -0.120. The Morgan fingerprint density at radius 2 is 2.21 bits per heavy atom. The molecule has 0 amide bonds. The van der Waals surface area contributed by atoms with Crippen molar-refractivity contribution in [1.82, 2.24) is 0 Å². The average Bonchev–Trinajstić information content (AvgIpc) is 2.67. The summed E-state index contributed by atoms with van der Waals surface area (Å²) >= 11 is 0. The highest BCUT2D eigenvalue weighted by Crippen LogP contribution is 2.33. The highest BCUT2D eigenvalue weighted by Gasteiger charge is 2.40. The maximum Gasteiger partial charge on any atom is 0.0809 e. The molecular weight excluding hydrogens is 178 g/mol. The molecule has 2 rings (SSSR count). The van der Waals surface area contributed by atoms with E-state index in [0.717, 1.165) is 39.1 Å². The van der Waals surface area contributed by atoms with Gasteiger partial charge in [0.15, 0.2) is 0 Å². The van der Waals surface area contributed by atoms with Gasteiger partial charge in [0, 0.05) is 25.2 Å². The van der Waals surface area contributed by atoms with Gasteiger partial charge in [0.25, 0.3) is 0 Å². The minimum absolute atomic E-state index is 0.0919. The Kier molecular flexibility index (Phi) is 3.10. The van der Waals surface area contributed by atoms with Crippen molar-refractivity contribution in [2.75, 3.05) is 19.8 Å². The molecule has 2 aliphatic heterocycles. The first-order valence-corrected chi connectivity index (χ1v) is 5.70. The lowest BCUT2D eigenvalue weighted by Crippen LogP contribution is -2.52. The number of hydrogen-bond donors (Lipinski definition) is 1. The van der Waals surface area contributed by atoms with Gasteiger partial charge >= 0.3 is 0 Å². The molecule has 2 saturated heterocycles. The predicted molar refractivity (Wildman–Crippen MR) is 55.1 cm³/mol. The molecule has 2 N–H and O–H groups in total. The number of ether oxygens (including phenoxy) is 2. The summed E-state index contributed by atoms with van der Waals surface area (Å²) in [5, 5.41) is 0. The normalized spacial score (nSPS) is 41.1. The summed E-state index contributed by atoms with van der Waals surface area (Å²) in [7, 11) is 0. The van der Waals surface area contributed by atoms with E-state index in [1.165, 1.54) is 6.42 Å². The van der Waals surface area contributed by atoms with Crippen LogP contribution in [-0.4, -0.2) is 31.5 Å². The Bertz CT molecular complexity index is 184. The monoisotopic (exact) mass is 199 g/mol. The number of nitrogens with two attached hydrogens (primary N) is 1. The summed E-state index contributed by atoms with van der Waals surface area (Å²) in [5.74, 6) is 0.492. The van der Waals surface area contributed by atoms with Crippen molar-refractivity contribution >= 4 is 0 Å². The Labute approximate surface area is 85.9 Å². The highest BCUT2D eigenvalue weighted by molar-refractivity contribution is 4.94. The second-order valence-corrected chi connectivity index (χ2v) is 4.77. The van der Waals surface area contributed by atoms with Gasteiger partial charge in [-0.2, -0.15) is 0 Å². The summed E-state index contributed by atoms with van der Waals surface area (Å²) in [6.07, 6.45) is 4.59. The molecule has 3 heteroatoms. The van der Waals surface area contributed by atoms with Crippen LogP contribution in [0.25, 0.3) is 0 Å². The maximum absolute atomic E-state index is 6.28. The Morgan fingerprint density at radius 1 is 1.36 bits per heavy atom. The van der Waals surface area contributed by atoms with E-state index in [0.29, 0.717) is 5.92 Å². The zero-order chi connectivity index (χ0) is 10.0. The van der Waals surface area contributed by atoms with Crippen molar-refractivity contribution in [3.05, 3.63) is 0 Å². The molecule has 0 spiro atoms. The van der Waals surface area contributed by atoms with E-state index >= 15 is 0 Å². The van der Waals surface area contributed by atoms with Crippen molar-refractivity contribution in [2.24, 2.45) is 11.7 Å². The van der Waals surface area contributed by atoms with Gasteiger partial charge in [-0.25, -0.2) is 0 Å². The van der Waals surface area contributed by atoms with Crippen molar-refractivity contribution < 1.29 is 9.47 Å². The summed E-state index contributed by atoms with van der Waals surface area (Å²) in [4.78, 5) is 0. The van der Waals surface area contributed by atoms with E-state index in [1.807, 2.05) is 0 Å². The quantitative estimate of drug-likeness (QED) is 0.729. The van der Waals surface area contributed by atoms with E-state index < -0.39 is 0 Å². The van der Waals surface area contributed by atoms with E-state index in [2.05, 4.69) is 6.92 Å². The zero-order valence-electron chi connectivity index (χ0n) is 9.00. The Morgan fingerprint density at radius 3 is 2.79 bits per heavy atom. The molecule has 2 aliphatic rings. The lowest BCUT2D eigenvalue weighted by Gasteiger charge is -2.37. The van der Waals surface area contributed by atoms with Crippen LogP contribution in [0.1, 0.15) is 32.6 Å². The van der Waals surface area contributed by atoms with Crippen LogP contribution in [-0.2, 0) is 9.47 Å². The minimum atomic E-state index is -0.0919. The third-order valence-corrected chi connectivity index (χ3v) is 3.66. The summed E-state index contributed by atoms with van der Waals surface area (Å²) < 4.78 is 11.2. The first-order valence-electron chi connectivity index (χ1n) is 5.70. The lowest BCUT2D eigenvalue weighted by molar-refractivity contribution is -0.0452. The van der Waals surface area contributed by atoms with Gasteiger partial charge < -0.3 is 15.2 Å². The molecule has 82 valence electrons. The molecule has 0 aliphatic carbocycles. The zero-order valence-corrected chi connectivity index (χ0v) is 9.00. The lowest BCUT2D eigenvalue weighted by atomic mass is 9.82. The molecule has 14 heavy (non-hydrogen) atoms. The van der Waals surface area contributed by atoms with Crippen LogP contribution >= 0.6 is 0 Å². The molecule has 0 aromatic heterocycles. The molecule has 2 fully saturated rings. The van der Waals surface area contributed by atoms with Crippen LogP contribution in [0, 0.1) is 5.92 Å². The van der Waals surface area contributed by atoms with Crippen LogP contribution in [0.3, 0.4) is 0 Å². The second kappa shape index (κ2) is 4.17. The molecule has 3 atom stereocenters. The van der Waals surface area contributed by atoms with Crippen molar-refractivity contribution in [2.45, 2.75) is 44.2 Å². The molecule has 0 bridgehead atoms. The van der Waals surface area contributed by atoms with Gasteiger partial charge in [0.05, 0.1) is 12.2 Å². The van der Waals surface area contributed by atoms with Crippen LogP contribution < -0.4 is 5.73 Å². The molecule has 3 unspecified atom stereocenters. The molecule has 3 nitrogen and oxygen atoms in total. The Balaban J connectivity index is 1.95. The van der Waals surface area contributed by atoms with Gasteiger partial charge in [-0.3, -0.25) is 0 Å². The summed E-state index contributed by atoms with van der Waals surface area (Å²) in [6.45, 7) is 4.75. The van der Waals surface area contributed by atoms with E-state index in [-0.39, 0.29) is 11.6 Å². The third kappa shape index (κ3) is 1.95. The molecule has 0 aromatic rings. The van der Waals surface area contributed by atoms with Crippen LogP contribution in [0.2, 0.25) is 0 Å². The predicted octanol–water partition coefficient (Wildman–Crippen LogP) is 1.31. The maximum atomic E-state index is 6.28. The van der Waals surface area contributed by atoms with Crippen molar-refractivity contribution in [3.63, 3.8) is 0 Å². The molecule has 2 heterocycles. The van der Waals surface area contributed by atoms with Gasteiger partial charge in [-0.1, -0.05) is 0 Å². The van der Waals surface area contributed by atoms with Gasteiger partial charge in [-0.15, -0.1) is 0 Å². The molecule has 0 saturated carbocycles. The van der Waals surface area contributed by atoms with Gasteiger partial charge in [0.1, 0.15) is 0 Å². The average molecular weight is 199 g/mol. The van der Waals surface area contributed by atoms with E-state index in [9.17, 15) is 0 Å². The topological polar surface area (TPSA) is 44.5 Å². The fraction of sp³-hybridized carbons (Fsp3) is 1.00. The highest BCUT2D eigenvalue weighted by atomic mass is 16.5. The molecular formula is C11H21NO2. The van der Waals surface area contributed by atoms with Crippen LogP contribution in [0.5, 0.6) is 0 Å². The smallest absolute Gasteiger partial charge is 0.0809 e. The standard InChI is InChI=1S/C11H21NO2/c1-11(5-3-7-14-11)10(12)9-4-2-6-13-8-9/h9-10H,2-8,12H2,1H3. The molecule has 0 aromatic carbocycles. The van der Waals surface area contributed by atoms with Crippen LogP contribution in [0.4, 0.5) is 0 Å². The largest absolute Gasteiger partial charge is 0.381 e. The van der Waals surface area contributed by atoms with Crippen molar-refractivity contribution in [1.29, 1.82) is 0 Å². The summed E-state index contributed by atoms with van der Waals surface area (Å²) in [6, 6.07) is 0.144. The fourth-order valence-electron chi connectivity index (χ4n) is 2.61. The van der Waals surface area contributed by atoms with Gasteiger partial charge in [-0.05, 0) is 32.6 Å². The third-order valence-electron chi connectivity index (χ3n) is 3.66. The molecule has 0 radical (unpaired) electrons. The summed E-state index contributed by atoms with van der Waals surface area (Å²) in [5.41, 5.74) is 6.19. The van der Waals surface area contributed by atoms with Crippen LogP contribution in [0.15, 0.2) is 0 Å².